The minimum absolute atomic E-state index is 0.0450. The number of fused-ring (bicyclic) bond motifs is 3. The number of piperidine rings is 1. The van der Waals surface area contributed by atoms with Crippen LogP contribution in [0.15, 0.2) is 79.4 Å². The Kier molecular flexibility index (Phi) is 9.31. The number of aliphatic hydroxyl groups is 1. The Labute approximate surface area is 300 Å². The van der Waals surface area contributed by atoms with E-state index in [0.717, 1.165) is 52.2 Å². The van der Waals surface area contributed by atoms with Crippen LogP contribution in [0.3, 0.4) is 0 Å². The summed E-state index contributed by atoms with van der Waals surface area (Å²) in [6.07, 6.45) is 3.98. The Balaban J connectivity index is 1.32. The second-order valence-corrected chi connectivity index (χ2v) is 15.1. The molecule has 268 valence electrons. The SMILES string of the molecule is C=CCN1C(=O)[C@@]2(O[C@@H](CC(=O)N3Cc4ccccc4C[C@H]3CO)[C@H](C(C)(C)c3ccc(OC)cc3)[C@H]2C)c2cc(N3CCCCC3=O)ccc21. The van der Waals surface area contributed by atoms with Gasteiger partial charge in [0.15, 0.2) is 5.60 Å². The molecule has 5 atom stereocenters. The van der Waals surface area contributed by atoms with Crippen LogP contribution < -0.4 is 14.5 Å². The molecule has 3 aromatic carbocycles. The van der Waals surface area contributed by atoms with Gasteiger partial charge in [0.25, 0.3) is 5.91 Å². The topological polar surface area (TPSA) is 99.6 Å². The summed E-state index contributed by atoms with van der Waals surface area (Å²) < 4.78 is 12.7. The fourth-order valence-corrected chi connectivity index (χ4v) is 9.39. The molecular weight excluding hydrogens is 642 g/mol. The average Bonchev–Trinajstić information content (AvgIpc) is 3.57. The molecule has 4 aliphatic heterocycles. The number of hydrogen-bond acceptors (Lipinski definition) is 6. The van der Waals surface area contributed by atoms with Crippen molar-refractivity contribution in [3.05, 3.63) is 102 Å². The third kappa shape index (κ3) is 5.75. The van der Waals surface area contributed by atoms with Crippen LogP contribution >= 0.6 is 0 Å². The van der Waals surface area contributed by atoms with Gasteiger partial charge in [-0.3, -0.25) is 14.4 Å². The Morgan fingerprint density at radius 2 is 1.82 bits per heavy atom. The van der Waals surface area contributed by atoms with Gasteiger partial charge in [-0.05, 0) is 71.7 Å². The molecule has 0 aromatic heterocycles. The van der Waals surface area contributed by atoms with Crippen LogP contribution in [0.5, 0.6) is 5.75 Å². The van der Waals surface area contributed by atoms with E-state index >= 15 is 0 Å². The summed E-state index contributed by atoms with van der Waals surface area (Å²) >= 11 is 0. The summed E-state index contributed by atoms with van der Waals surface area (Å²) in [4.78, 5) is 47.8. The largest absolute Gasteiger partial charge is 0.497 e. The number of nitrogens with zero attached hydrogens (tertiary/aromatic N) is 3. The van der Waals surface area contributed by atoms with E-state index in [-0.39, 0.29) is 48.6 Å². The normalized spacial score (nSPS) is 26.0. The van der Waals surface area contributed by atoms with Crippen molar-refractivity contribution in [3.63, 3.8) is 0 Å². The van der Waals surface area contributed by atoms with Gasteiger partial charge >= 0.3 is 0 Å². The minimum atomic E-state index is -1.39. The predicted molar refractivity (Wildman–Crippen MR) is 197 cm³/mol. The second kappa shape index (κ2) is 13.6. The third-order valence-electron chi connectivity index (χ3n) is 12.0. The van der Waals surface area contributed by atoms with Crippen LogP contribution in [0.2, 0.25) is 0 Å². The Hall–Kier alpha value is -4.47. The number of anilines is 2. The van der Waals surface area contributed by atoms with E-state index in [0.29, 0.717) is 32.5 Å². The van der Waals surface area contributed by atoms with Crippen LogP contribution in [0, 0.1) is 11.8 Å². The van der Waals surface area contributed by atoms with Gasteiger partial charge in [0.1, 0.15) is 5.75 Å². The zero-order chi connectivity index (χ0) is 36.1. The van der Waals surface area contributed by atoms with Crippen molar-refractivity contribution in [2.45, 2.75) is 82.6 Å². The van der Waals surface area contributed by atoms with Gasteiger partial charge in [-0.25, -0.2) is 0 Å². The van der Waals surface area contributed by atoms with Crippen LogP contribution in [0.25, 0.3) is 0 Å². The summed E-state index contributed by atoms with van der Waals surface area (Å²) in [5.74, 6) is -0.121. The maximum absolute atomic E-state index is 14.9. The van der Waals surface area contributed by atoms with Crippen LogP contribution in [-0.4, -0.2) is 66.7 Å². The maximum Gasteiger partial charge on any atom is 0.264 e. The third-order valence-corrected chi connectivity index (χ3v) is 12.0. The summed E-state index contributed by atoms with van der Waals surface area (Å²) in [6.45, 7) is 11.5. The summed E-state index contributed by atoms with van der Waals surface area (Å²) in [7, 11) is 1.64. The number of carbonyl (C=O) groups is 3. The van der Waals surface area contributed by atoms with Gasteiger partial charge in [0.05, 0.1) is 38.0 Å². The quantitative estimate of drug-likeness (QED) is 0.281. The molecule has 51 heavy (non-hydrogen) atoms. The van der Waals surface area contributed by atoms with Gasteiger partial charge in [-0.1, -0.05) is 63.2 Å². The number of carbonyl (C=O) groups excluding carboxylic acids is 3. The second-order valence-electron chi connectivity index (χ2n) is 15.1. The number of hydrogen-bond donors (Lipinski definition) is 1. The van der Waals surface area contributed by atoms with E-state index in [1.54, 1.807) is 23.0 Å². The van der Waals surface area contributed by atoms with Gasteiger partial charge in [-0.2, -0.15) is 0 Å². The molecule has 0 unspecified atom stereocenters. The van der Waals surface area contributed by atoms with Gasteiger partial charge in [0.2, 0.25) is 11.8 Å². The molecule has 4 aliphatic rings. The Morgan fingerprint density at radius 3 is 2.51 bits per heavy atom. The first-order valence-corrected chi connectivity index (χ1v) is 18.2. The Bertz CT molecular complexity index is 1840. The summed E-state index contributed by atoms with van der Waals surface area (Å²) in [5, 5.41) is 10.4. The molecule has 4 heterocycles. The molecule has 0 bridgehead atoms. The standard InChI is InChI=1S/C42H49N3O6/c1-6-20-44-35-19-16-31(43-21-10-9-13-37(43)47)23-34(35)42(40(44)49)27(2)39(41(3,4)30-14-17-33(50-5)18-15-30)36(51-42)24-38(48)45-25-29-12-8-7-11-28(29)22-32(45)26-46/h6-8,11-12,14-19,23,27,32,36,39,46H,1,9-10,13,20-22,24-26H2,2-5H3/t27-,32+,36+,39-,42+/m1/s1. The highest BCUT2D eigenvalue weighted by atomic mass is 16.5. The van der Waals surface area contributed by atoms with Crippen molar-refractivity contribution in [1.29, 1.82) is 0 Å². The molecule has 2 saturated heterocycles. The number of benzene rings is 3. The van der Waals surface area contributed by atoms with Crippen molar-refractivity contribution in [2.24, 2.45) is 11.8 Å². The highest BCUT2D eigenvalue weighted by Gasteiger charge is 2.66. The van der Waals surface area contributed by atoms with Crippen molar-refractivity contribution in [3.8, 4) is 5.75 Å². The summed E-state index contributed by atoms with van der Waals surface area (Å²) in [5.41, 5.74) is 3.54. The van der Waals surface area contributed by atoms with E-state index in [4.69, 9.17) is 9.47 Å². The number of ether oxygens (including phenoxy) is 2. The molecule has 7 rings (SSSR count). The lowest BCUT2D eigenvalue weighted by Gasteiger charge is -2.40. The zero-order valence-corrected chi connectivity index (χ0v) is 30.1. The molecule has 0 saturated carbocycles. The number of aliphatic hydroxyl groups excluding tert-OH is 1. The lowest BCUT2D eigenvalue weighted by atomic mass is 9.63. The van der Waals surface area contributed by atoms with Crippen LogP contribution in [-0.2, 0) is 43.1 Å². The molecule has 0 radical (unpaired) electrons. The van der Waals surface area contributed by atoms with Crippen LogP contribution in [0.1, 0.15) is 68.7 Å². The fraction of sp³-hybridized carbons (Fsp3) is 0.452. The first kappa shape index (κ1) is 35.0. The highest BCUT2D eigenvalue weighted by molar-refractivity contribution is 6.08. The fourth-order valence-electron chi connectivity index (χ4n) is 9.39. The average molecular weight is 692 g/mol. The monoisotopic (exact) mass is 691 g/mol. The van der Waals surface area contributed by atoms with Gasteiger partial charge in [-0.15, -0.1) is 6.58 Å². The van der Waals surface area contributed by atoms with Gasteiger partial charge in [0, 0.05) is 49.1 Å². The van der Waals surface area contributed by atoms with Crippen molar-refractivity contribution in [2.75, 3.05) is 36.6 Å². The predicted octanol–water partition coefficient (Wildman–Crippen LogP) is 5.90. The van der Waals surface area contributed by atoms with Crippen molar-refractivity contribution >= 4 is 29.1 Å². The van der Waals surface area contributed by atoms with E-state index in [1.165, 1.54) is 0 Å². The molecule has 3 amide bonds. The van der Waals surface area contributed by atoms with E-state index in [1.807, 2.05) is 65.6 Å². The molecule has 1 spiro atoms. The van der Waals surface area contributed by atoms with Crippen molar-refractivity contribution < 1.29 is 29.0 Å². The number of methoxy groups -OCH3 is 1. The lowest BCUT2D eigenvalue weighted by molar-refractivity contribution is -0.151. The smallest absolute Gasteiger partial charge is 0.264 e. The number of amides is 3. The highest BCUT2D eigenvalue weighted by Crippen LogP contribution is 2.60. The maximum atomic E-state index is 14.9. The van der Waals surface area contributed by atoms with E-state index in [9.17, 15) is 19.5 Å². The van der Waals surface area contributed by atoms with E-state index < -0.39 is 17.1 Å². The van der Waals surface area contributed by atoms with Crippen molar-refractivity contribution in [1.82, 2.24) is 4.90 Å². The first-order chi connectivity index (χ1) is 24.5. The Morgan fingerprint density at radius 1 is 1.08 bits per heavy atom. The van der Waals surface area contributed by atoms with Crippen LogP contribution in [0.4, 0.5) is 11.4 Å². The molecular formula is C42H49N3O6. The zero-order valence-electron chi connectivity index (χ0n) is 30.1. The van der Waals surface area contributed by atoms with Gasteiger partial charge < -0.3 is 29.3 Å². The molecule has 3 aromatic rings. The molecule has 2 fully saturated rings. The molecule has 1 N–H and O–H groups in total. The van der Waals surface area contributed by atoms with E-state index in [2.05, 4.69) is 33.4 Å². The number of rotatable bonds is 9. The minimum Gasteiger partial charge on any atom is -0.497 e. The molecule has 9 nitrogen and oxygen atoms in total. The molecule has 9 heteroatoms. The lowest BCUT2D eigenvalue weighted by Crippen LogP contribution is -2.48. The molecule has 0 aliphatic carbocycles. The summed E-state index contributed by atoms with van der Waals surface area (Å²) in [6, 6.07) is 21.5. The first-order valence-electron chi connectivity index (χ1n) is 18.2.